The van der Waals surface area contributed by atoms with Gasteiger partial charge in [-0.1, -0.05) is 24.3 Å². The Hall–Kier alpha value is -2.78. The van der Waals surface area contributed by atoms with Crippen LogP contribution in [0.25, 0.3) is 0 Å². The van der Waals surface area contributed by atoms with Crippen molar-refractivity contribution in [1.82, 2.24) is 15.4 Å². The van der Waals surface area contributed by atoms with Gasteiger partial charge in [0.1, 0.15) is 5.82 Å². The van der Waals surface area contributed by atoms with Gasteiger partial charge >= 0.3 is 0 Å². The van der Waals surface area contributed by atoms with Crippen molar-refractivity contribution in [2.75, 3.05) is 13.1 Å². The zero-order chi connectivity index (χ0) is 20.7. The smallest absolute Gasteiger partial charge is 0.251 e. The van der Waals surface area contributed by atoms with E-state index in [1.54, 1.807) is 25.1 Å². The minimum Gasteiger partial charge on any atom is -0.353 e. The Bertz CT molecular complexity index is 949. The first-order valence-electron chi connectivity index (χ1n) is 8.60. The minimum atomic E-state index is -3.81. The molecule has 9 heteroatoms. The Labute approximate surface area is 163 Å². The van der Waals surface area contributed by atoms with Gasteiger partial charge in [-0.15, -0.1) is 0 Å². The predicted molar refractivity (Wildman–Crippen MR) is 103 cm³/mol. The molecule has 0 aromatic heterocycles. The van der Waals surface area contributed by atoms with Crippen molar-refractivity contribution < 1.29 is 22.4 Å². The number of aryl methyl sites for hydroxylation is 1. The quantitative estimate of drug-likeness (QED) is 0.575. The Kier molecular flexibility index (Phi) is 7.24. The van der Waals surface area contributed by atoms with Gasteiger partial charge < -0.3 is 10.6 Å². The summed E-state index contributed by atoms with van der Waals surface area (Å²) in [6.07, 6.45) is 0. The third-order valence-electron chi connectivity index (χ3n) is 3.92. The van der Waals surface area contributed by atoms with Crippen LogP contribution in [0.4, 0.5) is 4.39 Å². The van der Waals surface area contributed by atoms with E-state index in [4.69, 9.17) is 0 Å². The van der Waals surface area contributed by atoms with Gasteiger partial charge in [-0.25, -0.2) is 12.8 Å². The number of carbonyl (C=O) groups is 2. The van der Waals surface area contributed by atoms with Crippen LogP contribution in [-0.4, -0.2) is 39.4 Å². The van der Waals surface area contributed by atoms with Gasteiger partial charge in [0.05, 0.1) is 10.9 Å². The van der Waals surface area contributed by atoms with Crippen LogP contribution in [0.2, 0.25) is 0 Å². The highest BCUT2D eigenvalue weighted by molar-refractivity contribution is 7.89. The molecule has 2 amide bonds. The lowest BCUT2D eigenvalue weighted by atomic mass is 10.1. The van der Waals surface area contributed by atoms with Crippen LogP contribution in [0.3, 0.4) is 0 Å². The zero-order valence-electron chi connectivity index (χ0n) is 15.5. The molecule has 2 rings (SSSR count). The number of nitrogens with one attached hydrogen (secondary N) is 3. The first-order chi connectivity index (χ1) is 13.2. The molecule has 0 aliphatic heterocycles. The lowest BCUT2D eigenvalue weighted by molar-refractivity contribution is -0.122. The van der Waals surface area contributed by atoms with Crippen molar-refractivity contribution in [3.63, 3.8) is 0 Å². The molecule has 0 radical (unpaired) electrons. The van der Waals surface area contributed by atoms with Crippen LogP contribution in [0.1, 0.15) is 22.8 Å². The van der Waals surface area contributed by atoms with E-state index in [-0.39, 0.29) is 23.5 Å². The van der Waals surface area contributed by atoms with E-state index in [1.165, 1.54) is 31.2 Å². The highest BCUT2D eigenvalue weighted by Crippen LogP contribution is 2.09. The molecule has 150 valence electrons. The maximum Gasteiger partial charge on any atom is 0.251 e. The van der Waals surface area contributed by atoms with Gasteiger partial charge in [-0.05, 0) is 43.7 Å². The third kappa shape index (κ3) is 5.86. The fourth-order valence-electron chi connectivity index (χ4n) is 2.30. The molecule has 2 aromatic carbocycles. The maximum absolute atomic E-state index is 13.5. The summed E-state index contributed by atoms with van der Waals surface area (Å²) in [4.78, 5) is 24.1. The highest BCUT2D eigenvalue weighted by atomic mass is 32.2. The average molecular weight is 407 g/mol. The Morgan fingerprint density at radius 2 is 1.68 bits per heavy atom. The summed E-state index contributed by atoms with van der Waals surface area (Å²) in [5, 5.41) is 5.08. The van der Waals surface area contributed by atoms with Crippen molar-refractivity contribution in [1.29, 1.82) is 0 Å². The first kappa shape index (κ1) is 21.5. The molecule has 0 fully saturated rings. The van der Waals surface area contributed by atoms with E-state index in [1.807, 2.05) is 0 Å². The molecule has 1 atom stereocenters. The number of sulfonamides is 1. The molecule has 0 saturated heterocycles. The lowest BCUT2D eigenvalue weighted by Crippen LogP contribution is -2.46. The second-order valence-corrected chi connectivity index (χ2v) is 7.88. The third-order valence-corrected chi connectivity index (χ3v) is 5.48. The molecular formula is C19H22FN3O4S. The zero-order valence-corrected chi connectivity index (χ0v) is 16.3. The van der Waals surface area contributed by atoms with Crippen LogP contribution in [0.5, 0.6) is 0 Å². The summed E-state index contributed by atoms with van der Waals surface area (Å²) in [5.74, 6) is -1.47. The molecule has 0 spiro atoms. The normalized spacial score (nSPS) is 12.2. The second-order valence-electron chi connectivity index (χ2n) is 6.17. The molecule has 0 aliphatic carbocycles. The van der Waals surface area contributed by atoms with Crippen LogP contribution < -0.4 is 15.4 Å². The molecule has 3 N–H and O–H groups in total. The Morgan fingerprint density at radius 1 is 1.04 bits per heavy atom. The number of amides is 2. The number of rotatable bonds is 8. The Morgan fingerprint density at radius 3 is 2.32 bits per heavy atom. The van der Waals surface area contributed by atoms with E-state index in [0.717, 1.165) is 6.07 Å². The number of benzene rings is 2. The van der Waals surface area contributed by atoms with Crippen molar-refractivity contribution in [2.45, 2.75) is 24.8 Å². The number of hydrogen-bond donors (Lipinski definition) is 3. The Balaban J connectivity index is 1.78. The maximum atomic E-state index is 13.5. The molecule has 2 aromatic rings. The number of halogens is 1. The second kappa shape index (κ2) is 9.43. The van der Waals surface area contributed by atoms with Crippen molar-refractivity contribution in [3.05, 3.63) is 65.5 Å². The SMILES string of the molecule is Cc1ccc(C(=O)NCCNC(=O)[C@H](C)NS(=O)(=O)c2ccccc2)cc1F. The molecule has 28 heavy (non-hydrogen) atoms. The summed E-state index contributed by atoms with van der Waals surface area (Å²) in [5.41, 5.74) is 0.620. The van der Waals surface area contributed by atoms with Crippen LogP contribution in [-0.2, 0) is 14.8 Å². The van der Waals surface area contributed by atoms with Gasteiger partial charge in [0.25, 0.3) is 5.91 Å². The van der Waals surface area contributed by atoms with Gasteiger partial charge in [-0.2, -0.15) is 4.72 Å². The lowest BCUT2D eigenvalue weighted by Gasteiger charge is -2.14. The van der Waals surface area contributed by atoms with Crippen LogP contribution in [0.15, 0.2) is 53.4 Å². The van der Waals surface area contributed by atoms with E-state index in [2.05, 4.69) is 15.4 Å². The van der Waals surface area contributed by atoms with Gasteiger partial charge in [0, 0.05) is 18.7 Å². The first-order valence-corrected chi connectivity index (χ1v) is 10.1. The summed E-state index contributed by atoms with van der Waals surface area (Å²) >= 11 is 0. The van der Waals surface area contributed by atoms with E-state index in [0.29, 0.717) is 5.56 Å². The van der Waals surface area contributed by atoms with Crippen LogP contribution in [0, 0.1) is 12.7 Å². The average Bonchev–Trinajstić information content (AvgIpc) is 2.67. The van der Waals surface area contributed by atoms with Gasteiger partial charge in [0.2, 0.25) is 15.9 Å². The molecule has 0 heterocycles. The summed E-state index contributed by atoms with van der Waals surface area (Å²) in [7, 11) is -3.81. The van der Waals surface area contributed by atoms with E-state index >= 15 is 0 Å². The fraction of sp³-hybridized carbons (Fsp3) is 0.263. The van der Waals surface area contributed by atoms with Crippen LogP contribution >= 0.6 is 0 Å². The molecule has 0 bridgehead atoms. The van der Waals surface area contributed by atoms with E-state index in [9.17, 15) is 22.4 Å². The number of carbonyl (C=O) groups excluding carboxylic acids is 2. The van der Waals surface area contributed by atoms with Gasteiger partial charge in [-0.3, -0.25) is 9.59 Å². The minimum absolute atomic E-state index is 0.0623. The standard InChI is InChI=1S/C19H22FN3O4S/c1-13-8-9-15(12-17(13)20)19(25)22-11-10-21-18(24)14(2)23-28(26,27)16-6-4-3-5-7-16/h3-9,12,14,23H,10-11H2,1-2H3,(H,21,24)(H,22,25)/t14-/m0/s1. The molecule has 0 aliphatic rings. The molecular weight excluding hydrogens is 385 g/mol. The summed E-state index contributed by atoms with van der Waals surface area (Å²) in [6.45, 7) is 3.22. The molecule has 7 nitrogen and oxygen atoms in total. The summed E-state index contributed by atoms with van der Waals surface area (Å²) in [6, 6.07) is 10.9. The summed E-state index contributed by atoms with van der Waals surface area (Å²) < 4.78 is 40.2. The number of hydrogen-bond acceptors (Lipinski definition) is 4. The van der Waals surface area contributed by atoms with Crippen molar-refractivity contribution in [2.24, 2.45) is 0 Å². The van der Waals surface area contributed by atoms with Gasteiger partial charge in [0.15, 0.2) is 0 Å². The highest BCUT2D eigenvalue weighted by Gasteiger charge is 2.21. The van der Waals surface area contributed by atoms with E-state index < -0.39 is 33.7 Å². The van der Waals surface area contributed by atoms with Crippen molar-refractivity contribution >= 4 is 21.8 Å². The topological polar surface area (TPSA) is 104 Å². The largest absolute Gasteiger partial charge is 0.353 e. The molecule has 0 unspecified atom stereocenters. The fourth-order valence-corrected chi connectivity index (χ4v) is 3.53. The predicted octanol–water partition coefficient (Wildman–Crippen LogP) is 1.35. The monoisotopic (exact) mass is 407 g/mol. The molecule has 0 saturated carbocycles. The van der Waals surface area contributed by atoms with Crippen molar-refractivity contribution in [3.8, 4) is 0 Å².